The molecule has 1 aliphatic rings. The van der Waals surface area contributed by atoms with E-state index in [2.05, 4.69) is 16.4 Å². The fraction of sp³-hybridized carbons (Fsp3) is 0.300. The van der Waals surface area contributed by atoms with Crippen molar-refractivity contribution in [2.75, 3.05) is 6.61 Å². The molecular formula is C20H19NO3S. The molecule has 0 N–H and O–H groups in total. The van der Waals surface area contributed by atoms with Gasteiger partial charge < -0.3 is 9.47 Å². The molecule has 0 fully saturated rings. The van der Waals surface area contributed by atoms with Crippen molar-refractivity contribution >= 4 is 28.2 Å². The number of carbonyl (C=O) groups excluding carboxylic acids is 1. The molecule has 1 aromatic carbocycles. The van der Waals surface area contributed by atoms with E-state index in [9.17, 15) is 4.79 Å². The van der Waals surface area contributed by atoms with Crippen molar-refractivity contribution in [2.24, 2.45) is 0 Å². The lowest BCUT2D eigenvalue weighted by Crippen LogP contribution is -2.18. The van der Waals surface area contributed by atoms with Gasteiger partial charge in [0.2, 0.25) is 0 Å². The van der Waals surface area contributed by atoms with E-state index in [0.29, 0.717) is 6.61 Å². The van der Waals surface area contributed by atoms with Gasteiger partial charge in [0.05, 0.1) is 18.5 Å². The van der Waals surface area contributed by atoms with Crippen molar-refractivity contribution in [2.45, 2.75) is 32.5 Å². The molecule has 3 heterocycles. The van der Waals surface area contributed by atoms with Gasteiger partial charge >= 0.3 is 5.97 Å². The molecule has 0 saturated heterocycles. The summed E-state index contributed by atoms with van der Waals surface area (Å²) >= 11 is 1.65. The first-order valence-corrected chi connectivity index (χ1v) is 9.27. The first-order valence-electron chi connectivity index (χ1n) is 8.39. The maximum absolute atomic E-state index is 12.3. The van der Waals surface area contributed by atoms with E-state index in [1.54, 1.807) is 11.3 Å². The molecule has 25 heavy (non-hydrogen) atoms. The quantitative estimate of drug-likeness (QED) is 0.654. The van der Waals surface area contributed by atoms with Crippen molar-refractivity contribution in [1.29, 1.82) is 0 Å². The summed E-state index contributed by atoms with van der Waals surface area (Å²) in [6, 6.07) is 12.0. The second-order valence-corrected chi connectivity index (χ2v) is 7.17. The molecule has 5 heteroatoms. The van der Waals surface area contributed by atoms with Crippen molar-refractivity contribution in [3.05, 3.63) is 63.5 Å². The summed E-state index contributed by atoms with van der Waals surface area (Å²) in [5, 5.41) is 3.08. The molecule has 3 aromatic rings. The van der Waals surface area contributed by atoms with Crippen LogP contribution in [0.1, 0.15) is 34.2 Å². The molecule has 0 bridgehead atoms. The van der Waals surface area contributed by atoms with Gasteiger partial charge in [0.25, 0.3) is 0 Å². The fourth-order valence-electron chi connectivity index (χ4n) is 3.26. The van der Waals surface area contributed by atoms with Gasteiger partial charge in [-0.2, -0.15) is 0 Å². The molecule has 0 amide bonds. The molecule has 2 aromatic heterocycles. The van der Waals surface area contributed by atoms with E-state index in [0.717, 1.165) is 33.5 Å². The van der Waals surface area contributed by atoms with E-state index in [-0.39, 0.29) is 25.1 Å². The normalized spacial score (nSPS) is 16.6. The van der Waals surface area contributed by atoms with E-state index in [4.69, 9.17) is 9.47 Å². The SMILES string of the molecule is Cc1cc(COC(=O)C[C@@H]2OCCc3ccsc32)c2ccccc2n1. The van der Waals surface area contributed by atoms with Crippen LogP contribution in [0.5, 0.6) is 0 Å². The van der Waals surface area contributed by atoms with Crippen molar-refractivity contribution in [3.8, 4) is 0 Å². The van der Waals surface area contributed by atoms with Gasteiger partial charge in [0.1, 0.15) is 12.7 Å². The molecule has 1 aliphatic heterocycles. The monoisotopic (exact) mass is 353 g/mol. The Morgan fingerprint density at radius 2 is 2.24 bits per heavy atom. The number of ether oxygens (including phenoxy) is 2. The summed E-state index contributed by atoms with van der Waals surface area (Å²) in [6.07, 6.45) is 1.01. The third-order valence-corrected chi connectivity index (χ3v) is 5.49. The molecule has 0 unspecified atom stereocenters. The van der Waals surface area contributed by atoms with E-state index in [1.165, 1.54) is 5.56 Å². The Morgan fingerprint density at radius 3 is 3.16 bits per heavy atom. The molecule has 4 rings (SSSR count). The Morgan fingerprint density at radius 1 is 1.36 bits per heavy atom. The van der Waals surface area contributed by atoms with Crippen LogP contribution in [0.3, 0.4) is 0 Å². The number of esters is 1. The first kappa shape index (κ1) is 16.2. The maximum Gasteiger partial charge on any atom is 0.309 e. The highest BCUT2D eigenvalue weighted by Crippen LogP contribution is 2.34. The third kappa shape index (κ3) is 3.43. The van der Waals surface area contributed by atoms with Gasteiger partial charge in [0.15, 0.2) is 0 Å². The Kier molecular flexibility index (Phi) is 4.51. The average molecular weight is 353 g/mol. The molecule has 0 saturated carbocycles. The minimum absolute atomic E-state index is 0.174. The Bertz CT molecular complexity index is 918. The highest BCUT2D eigenvalue weighted by atomic mass is 32.1. The Labute approximate surface area is 150 Å². The summed E-state index contributed by atoms with van der Waals surface area (Å²) in [5.74, 6) is -0.232. The lowest BCUT2D eigenvalue weighted by Gasteiger charge is -2.22. The van der Waals surface area contributed by atoms with E-state index in [1.807, 2.05) is 37.3 Å². The Hall–Kier alpha value is -2.24. The maximum atomic E-state index is 12.3. The summed E-state index contributed by atoms with van der Waals surface area (Å²) < 4.78 is 11.3. The Balaban J connectivity index is 1.45. The third-order valence-electron chi connectivity index (χ3n) is 4.43. The van der Waals surface area contributed by atoms with Crippen LogP contribution >= 0.6 is 11.3 Å². The van der Waals surface area contributed by atoms with Crippen molar-refractivity contribution in [1.82, 2.24) is 4.98 Å². The topological polar surface area (TPSA) is 48.4 Å². The number of para-hydroxylation sites is 1. The minimum Gasteiger partial charge on any atom is -0.461 e. The largest absolute Gasteiger partial charge is 0.461 e. The lowest BCUT2D eigenvalue weighted by molar-refractivity contribution is -0.148. The second-order valence-electron chi connectivity index (χ2n) is 6.22. The number of nitrogens with zero attached hydrogens (tertiary/aromatic N) is 1. The molecule has 4 nitrogen and oxygen atoms in total. The zero-order chi connectivity index (χ0) is 17.2. The number of fused-ring (bicyclic) bond motifs is 2. The molecule has 0 radical (unpaired) electrons. The van der Waals surface area contributed by atoms with Crippen LogP contribution in [0.2, 0.25) is 0 Å². The number of carbonyl (C=O) groups is 1. The highest BCUT2D eigenvalue weighted by Gasteiger charge is 2.25. The van der Waals surface area contributed by atoms with Crippen LogP contribution in [0.25, 0.3) is 10.9 Å². The zero-order valence-electron chi connectivity index (χ0n) is 14.0. The van der Waals surface area contributed by atoms with E-state index >= 15 is 0 Å². The molecule has 1 atom stereocenters. The summed E-state index contributed by atoms with van der Waals surface area (Å²) in [6.45, 7) is 2.87. The van der Waals surface area contributed by atoms with Crippen LogP contribution < -0.4 is 0 Å². The van der Waals surface area contributed by atoms with Gasteiger partial charge in [-0.15, -0.1) is 11.3 Å². The second kappa shape index (κ2) is 6.94. The number of rotatable bonds is 4. The number of aromatic nitrogens is 1. The molecular weight excluding hydrogens is 334 g/mol. The number of pyridine rings is 1. The smallest absolute Gasteiger partial charge is 0.309 e. The average Bonchev–Trinajstić information content (AvgIpc) is 3.09. The first-order chi connectivity index (χ1) is 12.2. The summed E-state index contributed by atoms with van der Waals surface area (Å²) in [5.41, 5.74) is 4.12. The minimum atomic E-state index is -0.232. The summed E-state index contributed by atoms with van der Waals surface area (Å²) in [4.78, 5) is 18.0. The van der Waals surface area contributed by atoms with Crippen LogP contribution in [0.15, 0.2) is 41.8 Å². The lowest BCUT2D eigenvalue weighted by atomic mass is 10.1. The van der Waals surface area contributed by atoms with Gasteiger partial charge in [-0.1, -0.05) is 18.2 Å². The van der Waals surface area contributed by atoms with Crippen LogP contribution in [-0.2, 0) is 27.3 Å². The van der Waals surface area contributed by atoms with Gasteiger partial charge in [-0.05, 0) is 42.5 Å². The van der Waals surface area contributed by atoms with Gasteiger partial charge in [-0.3, -0.25) is 9.78 Å². The van der Waals surface area contributed by atoms with Crippen LogP contribution in [0.4, 0.5) is 0 Å². The van der Waals surface area contributed by atoms with Crippen molar-refractivity contribution < 1.29 is 14.3 Å². The number of hydrogen-bond donors (Lipinski definition) is 0. The van der Waals surface area contributed by atoms with Crippen molar-refractivity contribution in [3.63, 3.8) is 0 Å². The summed E-state index contributed by atoms with van der Waals surface area (Å²) in [7, 11) is 0. The van der Waals surface area contributed by atoms with Gasteiger partial charge in [-0.25, -0.2) is 0 Å². The molecule has 128 valence electrons. The molecule has 0 spiro atoms. The predicted octanol–water partition coefficient (Wildman–Crippen LogP) is 4.35. The van der Waals surface area contributed by atoms with Crippen LogP contribution in [0, 0.1) is 6.92 Å². The number of hydrogen-bond acceptors (Lipinski definition) is 5. The van der Waals surface area contributed by atoms with Crippen LogP contribution in [-0.4, -0.2) is 17.6 Å². The highest BCUT2D eigenvalue weighted by molar-refractivity contribution is 7.10. The number of aryl methyl sites for hydroxylation is 1. The van der Waals surface area contributed by atoms with Gasteiger partial charge in [0, 0.05) is 21.5 Å². The standard InChI is InChI=1S/C20H19NO3S/c1-13-10-15(16-4-2-3-5-17(16)21-13)12-24-19(22)11-18-20-14(6-8-23-18)7-9-25-20/h2-5,7,9-10,18H,6,8,11-12H2,1H3/t18-/m0/s1. The predicted molar refractivity (Wildman–Crippen MR) is 97.6 cm³/mol. The zero-order valence-corrected chi connectivity index (χ0v) is 14.8. The number of benzene rings is 1. The number of thiophene rings is 1. The fourth-order valence-corrected chi connectivity index (χ4v) is 4.26. The van der Waals surface area contributed by atoms with E-state index < -0.39 is 0 Å². The molecule has 0 aliphatic carbocycles.